The van der Waals surface area contributed by atoms with E-state index in [1.807, 2.05) is 61.0 Å². The van der Waals surface area contributed by atoms with Crippen LogP contribution in [-0.2, 0) is 0 Å². The van der Waals surface area contributed by atoms with Gasteiger partial charge in [0.25, 0.3) is 5.91 Å². The molecule has 3 rings (SSSR count). The molecule has 0 aliphatic heterocycles. The van der Waals surface area contributed by atoms with Crippen molar-refractivity contribution in [3.05, 3.63) is 77.1 Å². The topological polar surface area (TPSA) is 64.0 Å². The number of nitrogens with one attached hydrogen (secondary N) is 1. The van der Waals surface area contributed by atoms with Crippen molar-refractivity contribution in [2.75, 3.05) is 12.3 Å². The third kappa shape index (κ3) is 5.39. The fourth-order valence-corrected chi connectivity index (χ4v) is 4.06. The van der Waals surface area contributed by atoms with Crippen LogP contribution >= 0.6 is 11.8 Å². The fourth-order valence-electron chi connectivity index (χ4n) is 3.21. The number of carbonyl (C=O) groups excluding carboxylic acids is 2. The summed E-state index contributed by atoms with van der Waals surface area (Å²) < 4.78 is 1.91. The number of hydrogen-bond donors (Lipinski definition) is 1. The lowest BCUT2D eigenvalue weighted by Gasteiger charge is -2.10. The number of rotatable bonds is 9. The molecule has 30 heavy (non-hydrogen) atoms. The van der Waals surface area contributed by atoms with Gasteiger partial charge in [-0.15, -0.1) is 0 Å². The lowest BCUT2D eigenvalue weighted by molar-refractivity contribution is 0.0952. The zero-order chi connectivity index (χ0) is 21.5. The minimum atomic E-state index is -0.0790. The molecule has 0 atom stereocenters. The molecule has 1 heterocycles. The molecule has 0 aliphatic carbocycles. The molecule has 156 valence electrons. The smallest absolute Gasteiger partial charge is 0.251 e. The Morgan fingerprint density at radius 1 is 1.13 bits per heavy atom. The van der Waals surface area contributed by atoms with Crippen molar-refractivity contribution in [3.8, 4) is 5.69 Å². The van der Waals surface area contributed by atoms with Gasteiger partial charge in [0, 0.05) is 35.8 Å². The van der Waals surface area contributed by atoms with E-state index >= 15 is 0 Å². The third-order valence-corrected chi connectivity index (χ3v) is 5.79. The van der Waals surface area contributed by atoms with Crippen LogP contribution in [-0.4, -0.2) is 33.5 Å². The summed E-state index contributed by atoms with van der Waals surface area (Å²) in [7, 11) is 0. The fraction of sp³-hybridized carbons (Fsp3) is 0.292. The maximum Gasteiger partial charge on any atom is 0.251 e. The largest absolute Gasteiger partial charge is 0.352 e. The monoisotopic (exact) mass is 421 g/mol. The second-order valence-electron chi connectivity index (χ2n) is 7.27. The summed E-state index contributed by atoms with van der Waals surface area (Å²) in [4.78, 5) is 29.4. The molecular formula is C24H27N3O2S. The van der Waals surface area contributed by atoms with E-state index in [1.165, 1.54) is 11.8 Å². The van der Waals surface area contributed by atoms with Crippen molar-refractivity contribution in [1.29, 1.82) is 0 Å². The van der Waals surface area contributed by atoms with Crippen molar-refractivity contribution in [1.82, 2.24) is 14.9 Å². The number of aryl methyl sites for hydroxylation is 2. The molecule has 0 saturated heterocycles. The normalized spacial score (nSPS) is 10.8. The van der Waals surface area contributed by atoms with Crippen LogP contribution in [0, 0.1) is 13.8 Å². The summed E-state index contributed by atoms with van der Waals surface area (Å²) in [6.45, 7) is 6.75. The average molecular weight is 422 g/mol. The first-order valence-electron chi connectivity index (χ1n) is 10.1. The highest BCUT2D eigenvalue weighted by Gasteiger charge is 2.14. The van der Waals surface area contributed by atoms with E-state index in [-0.39, 0.29) is 11.7 Å². The molecule has 1 aromatic heterocycles. The second kappa shape index (κ2) is 10.3. The van der Waals surface area contributed by atoms with Crippen molar-refractivity contribution in [2.24, 2.45) is 0 Å². The summed E-state index contributed by atoms with van der Waals surface area (Å²) in [6.07, 6.45) is 5.55. The number of thioether (sulfide) groups is 1. The molecule has 3 aromatic rings. The quantitative estimate of drug-likeness (QED) is 0.300. The molecule has 0 spiro atoms. The maximum atomic E-state index is 12.7. The minimum absolute atomic E-state index is 0.0790. The molecule has 0 radical (unpaired) electrons. The summed E-state index contributed by atoms with van der Waals surface area (Å²) in [6, 6.07) is 13.3. The van der Waals surface area contributed by atoms with Gasteiger partial charge in [-0.05, 0) is 44.0 Å². The predicted molar refractivity (Wildman–Crippen MR) is 122 cm³/mol. The van der Waals surface area contributed by atoms with Crippen molar-refractivity contribution >= 4 is 23.5 Å². The molecule has 0 unspecified atom stereocenters. The molecule has 0 aliphatic rings. The first kappa shape index (κ1) is 21.8. The molecule has 6 heteroatoms. The van der Waals surface area contributed by atoms with Crippen molar-refractivity contribution < 1.29 is 9.59 Å². The van der Waals surface area contributed by atoms with Gasteiger partial charge < -0.3 is 5.32 Å². The Labute approximate surface area is 181 Å². The van der Waals surface area contributed by atoms with Crippen molar-refractivity contribution in [3.63, 3.8) is 0 Å². The number of ketones is 1. The predicted octanol–water partition coefficient (Wildman–Crippen LogP) is 4.99. The standard InChI is InChI=1S/C24H27N3O2S/c1-4-5-11-25-23(29)19-7-6-8-20(15-19)27-13-12-26-24(27)30-16-22(28)21-10-9-17(2)14-18(21)3/h6-10,12-15H,4-5,11,16H2,1-3H3,(H,25,29). The molecule has 0 bridgehead atoms. The molecule has 2 aromatic carbocycles. The highest BCUT2D eigenvalue weighted by molar-refractivity contribution is 7.99. The molecule has 0 saturated carbocycles. The highest BCUT2D eigenvalue weighted by Crippen LogP contribution is 2.23. The van der Waals surface area contributed by atoms with Crippen LogP contribution in [0.4, 0.5) is 0 Å². The lowest BCUT2D eigenvalue weighted by atomic mass is 10.0. The Morgan fingerprint density at radius 3 is 2.73 bits per heavy atom. The van der Waals surface area contributed by atoms with Gasteiger partial charge in [0.1, 0.15) is 0 Å². The van der Waals surface area contributed by atoms with E-state index in [0.717, 1.165) is 40.4 Å². The van der Waals surface area contributed by atoms with Crippen LogP contribution in [0.2, 0.25) is 0 Å². The molecule has 1 amide bonds. The number of Topliss-reactive ketones (excluding diaryl/α,β-unsaturated/α-hetero) is 1. The van der Waals surface area contributed by atoms with Gasteiger partial charge in [-0.25, -0.2) is 4.98 Å². The highest BCUT2D eigenvalue weighted by atomic mass is 32.2. The first-order valence-corrected chi connectivity index (χ1v) is 11.1. The summed E-state index contributed by atoms with van der Waals surface area (Å²) in [5.74, 6) is 0.304. The summed E-state index contributed by atoms with van der Waals surface area (Å²) >= 11 is 1.40. The molecule has 1 N–H and O–H groups in total. The van der Waals surface area contributed by atoms with Gasteiger partial charge >= 0.3 is 0 Å². The minimum Gasteiger partial charge on any atom is -0.352 e. The van der Waals surface area contributed by atoms with Gasteiger partial charge in [-0.1, -0.05) is 54.9 Å². The summed E-state index contributed by atoms with van der Waals surface area (Å²) in [5, 5.41) is 3.66. The number of aromatic nitrogens is 2. The maximum absolute atomic E-state index is 12.7. The number of benzene rings is 2. The number of imidazole rings is 1. The Bertz CT molecular complexity index is 1040. The number of unbranched alkanes of at least 4 members (excludes halogenated alkanes) is 1. The van der Waals surface area contributed by atoms with Crippen LogP contribution in [0.15, 0.2) is 60.0 Å². The van der Waals surface area contributed by atoms with Crippen LogP contribution < -0.4 is 5.32 Å². The zero-order valence-electron chi connectivity index (χ0n) is 17.6. The van der Waals surface area contributed by atoms with Gasteiger partial charge in [-0.3, -0.25) is 14.2 Å². The van der Waals surface area contributed by atoms with Gasteiger partial charge in [-0.2, -0.15) is 0 Å². The Balaban J connectivity index is 1.71. The Morgan fingerprint density at radius 2 is 1.97 bits per heavy atom. The summed E-state index contributed by atoms with van der Waals surface area (Å²) in [5.41, 5.74) is 4.34. The SMILES string of the molecule is CCCCNC(=O)c1cccc(-n2ccnc2SCC(=O)c2ccc(C)cc2C)c1. The number of carbonyl (C=O) groups is 2. The van der Waals surface area contributed by atoms with Gasteiger partial charge in [0.2, 0.25) is 0 Å². The van der Waals surface area contributed by atoms with E-state index in [0.29, 0.717) is 17.9 Å². The van der Waals surface area contributed by atoms with E-state index in [4.69, 9.17) is 0 Å². The van der Waals surface area contributed by atoms with E-state index < -0.39 is 0 Å². The van der Waals surface area contributed by atoms with E-state index in [1.54, 1.807) is 12.3 Å². The molecule has 0 fully saturated rings. The van der Waals surface area contributed by atoms with E-state index in [9.17, 15) is 9.59 Å². The number of amides is 1. The Hall–Kier alpha value is -2.86. The lowest BCUT2D eigenvalue weighted by Crippen LogP contribution is -2.24. The number of nitrogens with zero attached hydrogens (tertiary/aromatic N) is 2. The molecular weight excluding hydrogens is 394 g/mol. The zero-order valence-corrected chi connectivity index (χ0v) is 18.5. The van der Waals surface area contributed by atoms with Crippen LogP contribution in [0.25, 0.3) is 5.69 Å². The van der Waals surface area contributed by atoms with Gasteiger partial charge in [0.15, 0.2) is 10.9 Å². The van der Waals surface area contributed by atoms with Gasteiger partial charge in [0.05, 0.1) is 5.75 Å². The van der Waals surface area contributed by atoms with Crippen molar-refractivity contribution in [2.45, 2.75) is 38.8 Å². The molecule has 5 nitrogen and oxygen atoms in total. The van der Waals surface area contributed by atoms with Crippen LogP contribution in [0.1, 0.15) is 51.6 Å². The number of hydrogen-bond acceptors (Lipinski definition) is 4. The second-order valence-corrected chi connectivity index (χ2v) is 8.21. The first-order chi connectivity index (χ1) is 14.5. The van der Waals surface area contributed by atoms with Crippen LogP contribution in [0.3, 0.4) is 0 Å². The van der Waals surface area contributed by atoms with Crippen LogP contribution in [0.5, 0.6) is 0 Å². The average Bonchev–Trinajstić information content (AvgIpc) is 3.21. The third-order valence-electron chi connectivity index (χ3n) is 4.82. The van der Waals surface area contributed by atoms with E-state index in [2.05, 4.69) is 17.2 Å². The Kier molecular flexibility index (Phi) is 7.46.